The van der Waals surface area contributed by atoms with Gasteiger partial charge in [0.2, 0.25) is 0 Å². The molecule has 7 nitrogen and oxygen atoms in total. The van der Waals surface area contributed by atoms with Crippen LogP contribution in [0.15, 0.2) is 53.4 Å². The smallest absolute Gasteiger partial charge is 0.338 e. The normalized spacial score (nSPS) is 15.0. The summed E-state index contributed by atoms with van der Waals surface area (Å²) in [4.78, 5) is 26.5. The number of hydrogen-bond donors (Lipinski definition) is 0. The summed E-state index contributed by atoms with van der Waals surface area (Å²) in [5.41, 5.74) is 1.61. The number of esters is 1. The Labute approximate surface area is 177 Å². The molecule has 1 aliphatic heterocycles. The van der Waals surface area contributed by atoms with E-state index in [4.69, 9.17) is 4.74 Å². The summed E-state index contributed by atoms with van der Waals surface area (Å²) in [6, 6.07) is 12.7. The summed E-state index contributed by atoms with van der Waals surface area (Å²) in [7, 11) is -2.41. The first kappa shape index (κ1) is 21.8. The van der Waals surface area contributed by atoms with Crippen molar-refractivity contribution in [1.29, 1.82) is 0 Å². The van der Waals surface area contributed by atoms with Gasteiger partial charge in [0.25, 0.3) is 15.9 Å². The van der Waals surface area contributed by atoms with Gasteiger partial charge in [-0.1, -0.05) is 23.8 Å². The highest BCUT2D eigenvalue weighted by molar-refractivity contribution is 7.92. The predicted octanol–water partition coefficient (Wildman–Crippen LogP) is 2.99. The number of rotatable bonds is 6. The molecule has 3 rings (SSSR count). The van der Waals surface area contributed by atoms with Crippen molar-refractivity contribution in [3.8, 4) is 0 Å². The molecule has 1 saturated heterocycles. The molecular formula is C22H26N2O5S. The van der Waals surface area contributed by atoms with Gasteiger partial charge in [0.05, 0.1) is 16.1 Å². The maximum atomic E-state index is 13.0. The molecule has 0 N–H and O–H groups in total. The van der Waals surface area contributed by atoms with Crippen LogP contribution in [0.4, 0.5) is 5.69 Å². The van der Waals surface area contributed by atoms with E-state index < -0.39 is 22.1 Å². The molecule has 1 atom stereocenters. The van der Waals surface area contributed by atoms with Gasteiger partial charge in [0, 0.05) is 20.1 Å². The van der Waals surface area contributed by atoms with Gasteiger partial charge in [0.15, 0.2) is 6.10 Å². The molecule has 0 bridgehead atoms. The lowest BCUT2D eigenvalue weighted by Crippen LogP contribution is -2.38. The zero-order chi connectivity index (χ0) is 21.9. The van der Waals surface area contributed by atoms with Crippen molar-refractivity contribution in [2.45, 2.75) is 37.7 Å². The second-order valence-electron chi connectivity index (χ2n) is 7.42. The number of hydrogen-bond acceptors (Lipinski definition) is 5. The number of anilines is 1. The van der Waals surface area contributed by atoms with Gasteiger partial charge in [-0.15, -0.1) is 0 Å². The average Bonchev–Trinajstić information content (AvgIpc) is 3.28. The Hall–Kier alpha value is -2.87. The number of sulfonamides is 1. The fraction of sp³-hybridized carbons (Fsp3) is 0.364. The van der Waals surface area contributed by atoms with Crippen LogP contribution >= 0.6 is 0 Å². The zero-order valence-electron chi connectivity index (χ0n) is 17.4. The largest absolute Gasteiger partial charge is 0.449 e. The lowest BCUT2D eigenvalue weighted by atomic mass is 10.2. The van der Waals surface area contributed by atoms with Crippen LogP contribution in [0, 0.1) is 6.92 Å². The van der Waals surface area contributed by atoms with Crippen molar-refractivity contribution in [2.75, 3.05) is 24.4 Å². The van der Waals surface area contributed by atoms with Crippen LogP contribution in [-0.4, -0.2) is 51.4 Å². The first-order valence-electron chi connectivity index (χ1n) is 9.85. The summed E-state index contributed by atoms with van der Waals surface area (Å²) in [6.45, 7) is 4.78. The van der Waals surface area contributed by atoms with Crippen LogP contribution in [0.1, 0.15) is 35.7 Å². The summed E-state index contributed by atoms with van der Waals surface area (Å²) in [5, 5.41) is 0. The van der Waals surface area contributed by atoms with E-state index in [2.05, 4.69) is 0 Å². The molecular weight excluding hydrogens is 404 g/mol. The van der Waals surface area contributed by atoms with Crippen LogP contribution < -0.4 is 4.31 Å². The minimum atomic E-state index is -3.87. The van der Waals surface area contributed by atoms with E-state index >= 15 is 0 Å². The molecule has 2 aromatic carbocycles. The minimum Gasteiger partial charge on any atom is -0.449 e. The van der Waals surface area contributed by atoms with E-state index in [1.807, 2.05) is 19.1 Å². The highest BCUT2D eigenvalue weighted by Crippen LogP contribution is 2.23. The van der Waals surface area contributed by atoms with E-state index in [1.165, 1.54) is 38.2 Å². The maximum absolute atomic E-state index is 13.0. The van der Waals surface area contributed by atoms with E-state index in [0.29, 0.717) is 18.8 Å². The molecule has 0 saturated carbocycles. The number of ether oxygens (including phenoxy) is 1. The molecule has 0 radical (unpaired) electrons. The quantitative estimate of drug-likeness (QED) is 0.658. The average molecular weight is 431 g/mol. The molecule has 0 aromatic heterocycles. The van der Waals surface area contributed by atoms with E-state index in [0.717, 1.165) is 22.7 Å². The lowest BCUT2D eigenvalue weighted by Gasteiger charge is -2.21. The van der Waals surface area contributed by atoms with Gasteiger partial charge in [-0.3, -0.25) is 9.10 Å². The van der Waals surface area contributed by atoms with Crippen molar-refractivity contribution in [2.24, 2.45) is 0 Å². The Morgan fingerprint density at radius 2 is 1.70 bits per heavy atom. The Morgan fingerprint density at radius 1 is 1.07 bits per heavy atom. The maximum Gasteiger partial charge on any atom is 0.338 e. The minimum absolute atomic E-state index is 0.0291. The summed E-state index contributed by atoms with van der Waals surface area (Å²) >= 11 is 0. The standard InChI is InChI=1S/C22H26N2O5S/c1-16-9-11-19(12-10-16)23(3)30(27,28)20-8-6-7-18(15-20)22(26)29-17(2)21(25)24-13-4-5-14-24/h6-12,15,17H,4-5,13-14H2,1-3H3. The Bertz CT molecular complexity index is 1030. The number of aryl methyl sites for hydroxylation is 1. The van der Waals surface area contributed by atoms with E-state index in [1.54, 1.807) is 17.0 Å². The molecule has 160 valence electrons. The number of likely N-dealkylation sites (tertiary alicyclic amines) is 1. The number of nitrogens with zero attached hydrogens (tertiary/aromatic N) is 2. The van der Waals surface area contributed by atoms with Crippen molar-refractivity contribution >= 4 is 27.6 Å². The number of benzene rings is 2. The summed E-state index contributed by atoms with van der Waals surface area (Å²) in [5.74, 6) is -0.964. The third-order valence-electron chi connectivity index (χ3n) is 5.18. The van der Waals surface area contributed by atoms with Crippen molar-refractivity contribution in [3.05, 3.63) is 59.7 Å². The second-order valence-corrected chi connectivity index (χ2v) is 9.39. The molecule has 2 aromatic rings. The predicted molar refractivity (Wildman–Crippen MR) is 114 cm³/mol. The van der Waals surface area contributed by atoms with Crippen molar-refractivity contribution in [3.63, 3.8) is 0 Å². The highest BCUT2D eigenvalue weighted by atomic mass is 32.2. The van der Waals surface area contributed by atoms with Crippen molar-refractivity contribution < 1.29 is 22.7 Å². The second kappa shape index (κ2) is 8.87. The fourth-order valence-electron chi connectivity index (χ4n) is 3.31. The monoisotopic (exact) mass is 430 g/mol. The van der Waals surface area contributed by atoms with Gasteiger partial charge in [0.1, 0.15) is 0 Å². The van der Waals surface area contributed by atoms with Gasteiger partial charge in [-0.05, 0) is 57.0 Å². The van der Waals surface area contributed by atoms with Gasteiger partial charge in [-0.25, -0.2) is 13.2 Å². The SMILES string of the molecule is Cc1ccc(N(C)S(=O)(=O)c2cccc(C(=O)OC(C)C(=O)N3CCCC3)c2)cc1. The van der Waals surface area contributed by atoms with Crippen LogP contribution in [0.3, 0.4) is 0 Å². The topological polar surface area (TPSA) is 84.0 Å². The Balaban J connectivity index is 1.76. The molecule has 0 aliphatic carbocycles. The molecule has 1 aliphatic rings. The van der Waals surface area contributed by atoms with Crippen molar-refractivity contribution in [1.82, 2.24) is 4.90 Å². The molecule has 1 amide bonds. The molecule has 1 fully saturated rings. The molecule has 1 heterocycles. The van der Waals surface area contributed by atoms with Gasteiger partial charge in [-0.2, -0.15) is 0 Å². The summed E-state index contributed by atoms with van der Waals surface area (Å²) < 4.78 is 32.5. The van der Waals surface area contributed by atoms with E-state index in [9.17, 15) is 18.0 Å². The molecule has 8 heteroatoms. The highest BCUT2D eigenvalue weighted by Gasteiger charge is 2.27. The third kappa shape index (κ3) is 4.64. The first-order chi connectivity index (χ1) is 14.2. The van der Waals surface area contributed by atoms with E-state index in [-0.39, 0.29) is 16.4 Å². The van der Waals surface area contributed by atoms with Crippen LogP contribution in [0.2, 0.25) is 0 Å². The Kier molecular flexibility index (Phi) is 6.45. The van der Waals surface area contributed by atoms with Gasteiger partial charge < -0.3 is 9.64 Å². The van der Waals surface area contributed by atoms with Gasteiger partial charge >= 0.3 is 5.97 Å². The number of carbonyl (C=O) groups is 2. The van der Waals surface area contributed by atoms with Crippen LogP contribution in [0.5, 0.6) is 0 Å². The number of carbonyl (C=O) groups excluding carboxylic acids is 2. The summed E-state index contributed by atoms with van der Waals surface area (Å²) in [6.07, 6.45) is 0.966. The third-order valence-corrected chi connectivity index (χ3v) is 6.96. The fourth-order valence-corrected chi connectivity index (χ4v) is 4.55. The first-order valence-corrected chi connectivity index (χ1v) is 11.3. The van der Waals surface area contributed by atoms with Crippen LogP contribution in [-0.2, 0) is 19.6 Å². The lowest BCUT2D eigenvalue weighted by molar-refractivity contribution is -0.138. The number of amides is 1. The molecule has 0 spiro atoms. The molecule has 1 unspecified atom stereocenters. The Morgan fingerprint density at radius 3 is 2.33 bits per heavy atom. The zero-order valence-corrected chi connectivity index (χ0v) is 18.2. The molecule has 30 heavy (non-hydrogen) atoms. The van der Waals surface area contributed by atoms with Crippen LogP contribution in [0.25, 0.3) is 0 Å².